The lowest BCUT2D eigenvalue weighted by atomic mass is 10.1. The summed E-state index contributed by atoms with van der Waals surface area (Å²) in [7, 11) is 0. The van der Waals surface area contributed by atoms with Gasteiger partial charge in [0.15, 0.2) is 0 Å². The summed E-state index contributed by atoms with van der Waals surface area (Å²) in [4.78, 5) is -0.914. The molecule has 1 N–H and O–H groups in total. The third-order valence-electron chi connectivity index (χ3n) is 1.99. The van der Waals surface area contributed by atoms with Gasteiger partial charge in [-0.15, -0.1) is 23.2 Å². The van der Waals surface area contributed by atoms with Crippen molar-refractivity contribution < 1.29 is 9.84 Å². The maximum Gasteiger partial charge on any atom is 0.137 e. The summed E-state index contributed by atoms with van der Waals surface area (Å²) in [5, 5.41) is 10.3. The summed E-state index contributed by atoms with van der Waals surface area (Å²) in [6.45, 7) is 2.56. The molecule has 0 bridgehead atoms. The Morgan fingerprint density at radius 1 is 1.38 bits per heavy atom. The second-order valence-electron chi connectivity index (χ2n) is 3.31. The van der Waals surface area contributed by atoms with Crippen LogP contribution in [0.4, 0.5) is 0 Å². The minimum absolute atomic E-state index is 0.506. The van der Waals surface area contributed by atoms with E-state index in [1.54, 1.807) is 18.2 Å². The van der Waals surface area contributed by atoms with Gasteiger partial charge in [0.2, 0.25) is 0 Å². The van der Waals surface area contributed by atoms with Crippen molar-refractivity contribution in [2.75, 3.05) is 6.61 Å². The molecule has 0 saturated heterocycles. The first-order valence-electron chi connectivity index (χ1n) is 4.94. The summed E-state index contributed by atoms with van der Waals surface area (Å²) in [6, 6.07) is 5.00. The molecule has 0 saturated carbocycles. The van der Waals surface area contributed by atoms with Crippen molar-refractivity contribution >= 4 is 34.8 Å². The van der Waals surface area contributed by atoms with E-state index < -0.39 is 10.9 Å². The third kappa shape index (κ3) is 3.70. The van der Waals surface area contributed by atoms with Crippen molar-refractivity contribution in [3.8, 4) is 5.75 Å². The highest BCUT2D eigenvalue weighted by Gasteiger charge is 2.20. The van der Waals surface area contributed by atoms with Crippen LogP contribution in [0.3, 0.4) is 0 Å². The lowest BCUT2D eigenvalue weighted by Crippen LogP contribution is -2.09. The molecule has 0 fully saturated rings. The van der Waals surface area contributed by atoms with Gasteiger partial charge in [0.05, 0.1) is 6.61 Å². The predicted octanol–water partition coefficient (Wildman–Crippen LogP) is 3.97. The molecule has 0 radical (unpaired) electrons. The predicted molar refractivity (Wildman–Crippen MR) is 67.7 cm³/mol. The van der Waals surface area contributed by atoms with Crippen LogP contribution < -0.4 is 4.74 Å². The lowest BCUT2D eigenvalue weighted by molar-refractivity contribution is 0.185. The molecule has 0 aromatic heterocycles. The van der Waals surface area contributed by atoms with E-state index in [0.29, 0.717) is 22.9 Å². The maximum absolute atomic E-state index is 9.80. The number of aliphatic hydroxyl groups excluding tert-OH is 1. The molecule has 0 aliphatic heterocycles. The molecule has 1 atom stereocenters. The fraction of sp³-hybridized carbons (Fsp3) is 0.455. The van der Waals surface area contributed by atoms with Crippen molar-refractivity contribution in [3.63, 3.8) is 0 Å². The molecular formula is C11H13Cl3O2. The molecular weight excluding hydrogens is 270 g/mol. The Hall–Kier alpha value is -0.150. The van der Waals surface area contributed by atoms with Gasteiger partial charge in [-0.1, -0.05) is 18.5 Å². The van der Waals surface area contributed by atoms with Crippen molar-refractivity contribution in [2.45, 2.75) is 24.3 Å². The summed E-state index contributed by atoms with van der Waals surface area (Å²) in [6.07, 6.45) is -0.127. The van der Waals surface area contributed by atoms with Gasteiger partial charge >= 0.3 is 0 Å². The van der Waals surface area contributed by atoms with E-state index in [-0.39, 0.29) is 0 Å². The largest absolute Gasteiger partial charge is 0.493 e. The first-order chi connectivity index (χ1) is 7.56. The van der Waals surface area contributed by atoms with Crippen molar-refractivity contribution in [2.24, 2.45) is 0 Å². The molecule has 0 aliphatic carbocycles. The third-order valence-corrected chi connectivity index (χ3v) is 2.70. The number of hydrogen-bond donors (Lipinski definition) is 1. The Balaban J connectivity index is 2.97. The Morgan fingerprint density at radius 3 is 2.62 bits per heavy atom. The number of halogens is 3. The quantitative estimate of drug-likeness (QED) is 0.829. The Morgan fingerprint density at radius 2 is 2.06 bits per heavy atom. The molecule has 1 rings (SSSR count). The van der Waals surface area contributed by atoms with Crippen LogP contribution in [0, 0.1) is 0 Å². The van der Waals surface area contributed by atoms with Crippen LogP contribution in [-0.2, 0) is 0 Å². The first-order valence-corrected chi connectivity index (χ1v) is 6.19. The van der Waals surface area contributed by atoms with E-state index in [2.05, 4.69) is 0 Å². The molecule has 0 aliphatic rings. The second-order valence-corrected chi connectivity index (χ2v) is 4.91. The molecule has 5 heteroatoms. The Labute approximate surface area is 110 Å². The highest BCUT2D eigenvalue weighted by Crippen LogP contribution is 2.33. The van der Waals surface area contributed by atoms with Gasteiger partial charge in [-0.25, -0.2) is 0 Å². The second kappa shape index (κ2) is 6.55. The maximum atomic E-state index is 9.80. The molecule has 1 unspecified atom stereocenters. The average molecular weight is 284 g/mol. The molecule has 0 heterocycles. The van der Waals surface area contributed by atoms with Crippen LogP contribution in [0.5, 0.6) is 5.75 Å². The molecule has 1 aromatic rings. The van der Waals surface area contributed by atoms with E-state index in [0.717, 1.165) is 6.42 Å². The van der Waals surface area contributed by atoms with Gasteiger partial charge in [0, 0.05) is 10.6 Å². The zero-order valence-electron chi connectivity index (χ0n) is 8.79. The van der Waals surface area contributed by atoms with Gasteiger partial charge in [-0.05, 0) is 24.6 Å². The first kappa shape index (κ1) is 13.9. The molecule has 0 amide bonds. The number of aliphatic hydroxyl groups is 1. The zero-order valence-corrected chi connectivity index (χ0v) is 11.1. The van der Waals surface area contributed by atoms with Crippen molar-refractivity contribution in [1.29, 1.82) is 0 Å². The summed E-state index contributed by atoms with van der Waals surface area (Å²) >= 11 is 17.1. The number of alkyl halides is 2. The van der Waals surface area contributed by atoms with Gasteiger partial charge in [0.25, 0.3) is 0 Å². The fourth-order valence-electron chi connectivity index (χ4n) is 1.23. The van der Waals surface area contributed by atoms with Gasteiger partial charge in [-0.2, -0.15) is 0 Å². The molecule has 1 aromatic carbocycles. The standard InChI is InChI=1S/C11H13Cl3O2/c1-2-5-16-9-4-3-7(12)6-8(9)10(15)11(13)14/h3-4,6,10-11,15H,2,5H2,1H3. The van der Waals surface area contributed by atoms with Crippen LogP contribution in [0.25, 0.3) is 0 Å². The summed E-state index contributed by atoms with van der Waals surface area (Å²) in [5.74, 6) is 0.560. The minimum atomic E-state index is -1.01. The smallest absolute Gasteiger partial charge is 0.137 e. The molecule has 90 valence electrons. The number of rotatable bonds is 5. The zero-order chi connectivity index (χ0) is 12.1. The number of benzene rings is 1. The van der Waals surface area contributed by atoms with Crippen LogP contribution in [-0.4, -0.2) is 16.5 Å². The van der Waals surface area contributed by atoms with Crippen molar-refractivity contribution in [3.05, 3.63) is 28.8 Å². The molecule has 16 heavy (non-hydrogen) atoms. The minimum Gasteiger partial charge on any atom is -0.493 e. The average Bonchev–Trinajstić information content (AvgIpc) is 2.26. The van der Waals surface area contributed by atoms with Crippen LogP contribution >= 0.6 is 34.8 Å². The Kier molecular flexibility index (Phi) is 5.70. The van der Waals surface area contributed by atoms with Crippen LogP contribution in [0.2, 0.25) is 5.02 Å². The van der Waals surface area contributed by atoms with Crippen LogP contribution in [0.1, 0.15) is 25.0 Å². The monoisotopic (exact) mass is 282 g/mol. The summed E-state index contributed by atoms with van der Waals surface area (Å²) < 4.78 is 5.48. The molecule has 0 spiro atoms. The fourth-order valence-corrected chi connectivity index (χ4v) is 1.68. The SMILES string of the molecule is CCCOc1ccc(Cl)cc1C(O)C(Cl)Cl. The number of ether oxygens (including phenoxy) is 1. The van der Waals surface area contributed by atoms with Crippen LogP contribution in [0.15, 0.2) is 18.2 Å². The highest BCUT2D eigenvalue weighted by molar-refractivity contribution is 6.44. The topological polar surface area (TPSA) is 29.5 Å². The van der Waals surface area contributed by atoms with Gasteiger partial charge < -0.3 is 9.84 Å². The van der Waals surface area contributed by atoms with Gasteiger partial charge in [-0.3, -0.25) is 0 Å². The molecule has 2 nitrogen and oxygen atoms in total. The van der Waals surface area contributed by atoms with Crippen molar-refractivity contribution in [1.82, 2.24) is 0 Å². The Bertz CT molecular complexity index is 342. The van der Waals surface area contributed by atoms with E-state index >= 15 is 0 Å². The highest BCUT2D eigenvalue weighted by atomic mass is 35.5. The lowest BCUT2D eigenvalue weighted by Gasteiger charge is -2.17. The van der Waals surface area contributed by atoms with E-state index in [1.807, 2.05) is 6.92 Å². The van der Waals surface area contributed by atoms with Gasteiger partial charge in [0.1, 0.15) is 16.7 Å². The van der Waals surface area contributed by atoms with E-state index in [9.17, 15) is 5.11 Å². The number of hydrogen-bond acceptors (Lipinski definition) is 2. The summed E-state index contributed by atoms with van der Waals surface area (Å²) in [5.41, 5.74) is 0.510. The van der Waals surface area contributed by atoms with E-state index in [4.69, 9.17) is 39.5 Å². The van der Waals surface area contributed by atoms with E-state index in [1.165, 1.54) is 0 Å². The normalized spacial score (nSPS) is 12.9.